The van der Waals surface area contributed by atoms with Gasteiger partial charge in [0.05, 0.1) is 18.9 Å². The van der Waals surface area contributed by atoms with E-state index in [9.17, 15) is 8.42 Å². The molecule has 0 aliphatic carbocycles. The quantitative estimate of drug-likeness (QED) is 0.457. The third-order valence-corrected chi connectivity index (χ3v) is 2.38. The fourth-order valence-corrected chi connectivity index (χ4v) is 1.57. The summed E-state index contributed by atoms with van der Waals surface area (Å²) < 4.78 is 27.1. The van der Waals surface area contributed by atoms with Crippen LogP contribution in [0.25, 0.3) is 0 Å². The lowest BCUT2D eigenvalue weighted by Crippen LogP contribution is -2.65. The lowest BCUT2D eigenvalue weighted by Gasteiger charge is -2.17. The molecule has 0 spiro atoms. The van der Waals surface area contributed by atoms with Crippen molar-refractivity contribution in [2.24, 2.45) is 5.41 Å². The van der Waals surface area contributed by atoms with Gasteiger partial charge in [-0.2, -0.15) is 13.8 Å². The van der Waals surface area contributed by atoms with Gasteiger partial charge in [0.15, 0.2) is 0 Å². The molecule has 0 amide bonds. The molecule has 0 atom stereocenters. The first-order valence-electron chi connectivity index (χ1n) is 4.14. The molecule has 0 aliphatic rings. The Hall–Kier alpha value is -0.170. The number of rotatable bonds is 5. The summed E-state index contributed by atoms with van der Waals surface area (Å²) in [7, 11) is -3.38. The molecule has 6 heteroatoms. The number of quaternary nitrogens is 1. The van der Waals surface area contributed by atoms with Crippen molar-refractivity contribution in [1.29, 1.82) is 0 Å². The van der Waals surface area contributed by atoms with E-state index in [1.807, 2.05) is 20.8 Å². The molecule has 80 valence electrons. The monoisotopic (exact) mass is 211 g/mol. The smallest absolute Gasteiger partial charge is 0.268 e. The fraction of sp³-hybridized carbons (Fsp3) is 1.00. The predicted octanol–water partition coefficient (Wildman–Crippen LogP) is -0.875. The fourth-order valence-electron chi connectivity index (χ4n) is 0.523. The van der Waals surface area contributed by atoms with E-state index < -0.39 is 10.1 Å². The van der Waals surface area contributed by atoms with Crippen LogP contribution in [0.2, 0.25) is 0 Å². The van der Waals surface area contributed by atoms with Crippen LogP contribution >= 0.6 is 0 Å². The molecule has 13 heavy (non-hydrogen) atoms. The van der Waals surface area contributed by atoms with Crippen molar-refractivity contribution < 1.29 is 18.4 Å². The van der Waals surface area contributed by atoms with Gasteiger partial charge in [-0.05, 0) is 5.41 Å². The van der Waals surface area contributed by atoms with Crippen molar-refractivity contribution in [1.82, 2.24) is 5.43 Å². The van der Waals surface area contributed by atoms with Crippen LogP contribution in [-0.2, 0) is 14.3 Å². The van der Waals surface area contributed by atoms with E-state index in [-0.39, 0.29) is 17.8 Å². The van der Waals surface area contributed by atoms with Crippen molar-refractivity contribution in [2.45, 2.75) is 20.8 Å². The minimum Gasteiger partial charge on any atom is -0.280 e. The van der Waals surface area contributed by atoms with Gasteiger partial charge in [0.25, 0.3) is 10.1 Å². The van der Waals surface area contributed by atoms with Crippen LogP contribution < -0.4 is 11.3 Å². The Morgan fingerprint density at radius 1 is 1.38 bits per heavy atom. The van der Waals surface area contributed by atoms with Crippen molar-refractivity contribution in [3.8, 4) is 0 Å². The summed E-state index contributed by atoms with van der Waals surface area (Å²) >= 11 is 0. The van der Waals surface area contributed by atoms with Crippen molar-refractivity contribution in [2.75, 3.05) is 18.9 Å². The Labute approximate surface area is 79.7 Å². The molecule has 0 aromatic carbocycles. The summed E-state index contributed by atoms with van der Waals surface area (Å²) in [5.74, 6) is 3.29. The molecule has 0 aliphatic heterocycles. The lowest BCUT2D eigenvalue weighted by molar-refractivity contribution is -0.441. The maximum Gasteiger partial charge on any atom is 0.268 e. The van der Waals surface area contributed by atoms with Gasteiger partial charge in [-0.25, -0.2) is 0 Å². The highest BCUT2D eigenvalue weighted by atomic mass is 32.2. The standard InChI is InChI=1S/C7H18N2O3S/c1-7(2,3)6-12-13(10,11)5-4-9-8/h9H,4-6,8H2,1-3H3/p+1. The molecule has 0 heterocycles. The second kappa shape index (κ2) is 4.90. The Bertz CT molecular complexity index is 231. The number of nitrogens with one attached hydrogen (secondary N) is 1. The molecule has 0 saturated carbocycles. The second-order valence-corrected chi connectivity index (χ2v) is 5.84. The van der Waals surface area contributed by atoms with Crippen molar-refractivity contribution in [3.05, 3.63) is 0 Å². The van der Waals surface area contributed by atoms with E-state index >= 15 is 0 Å². The van der Waals surface area contributed by atoms with Crippen LogP contribution in [-0.4, -0.2) is 27.3 Å². The highest BCUT2D eigenvalue weighted by molar-refractivity contribution is 7.86. The minimum absolute atomic E-state index is 0.0351. The SMILES string of the molecule is CC(C)(C)COS(=O)(=O)CCN[NH3+]. The maximum atomic E-state index is 11.1. The normalized spacial score (nSPS) is 13.2. The zero-order valence-corrected chi connectivity index (χ0v) is 9.28. The maximum absolute atomic E-state index is 11.1. The molecule has 0 bridgehead atoms. The summed E-state index contributed by atoms with van der Waals surface area (Å²) in [6.45, 7) is 6.28. The zero-order valence-electron chi connectivity index (χ0n) is 8.46. The third kappa shape index (κ3) is 8.17. The third-order valence-electron chi connectivity index (χ3n) is 1.20. The Balaban J connectivity index is 3.91. The molecule has 0 rings (SSSR count). The molecule has 0 unspecified atom stereocenters. The molecule has 4 N–H and O–H groups in total. The van der Waals surface area contributed by atoms with Crippen molar-refractivity contribution >= 4 is 10.1 Å². The minimum atomic E-state index is -3.38. The van der Waals surface area contributed by atoms with Gasteiger partial charge < -0.3 is 0 Å². The van der Waals surface area contributed by atoms with Crippen LogP contribution in [0.15, 0.2) is 0 Å². The molecule has 5 nitrogen and oxygen atoms in total. The van der Waals surface area contributed by atoms with E-state index in [4.69, 9.17) is 4.18 Å². The van der Waals surface area contributed by atoms with E-state index in [1.165, 1.54) is 0 Å². The van der Waals surface area contributed by atoms with E-state index in [1.54, 1.807) is 0 Å². The average Bonchev–Trinajstić information content (AvgIpc) is 1.97. The summed E-state index contributed by atoms with van der Waals surface area (Å²) in [6.07, 6.45) is 0. The Morgan fingerprint density at radius 2 is 1.92 bits per heavy atom. The molecular formula is C7H19N2O3S+. The molecule has 0 saturated heterocycles. The zero-order chi connectivity index (χ0) is 10.5. The predicted molar refractivity (Wildman–Crippen MR) is 50.1 cm³/mol. The highest BCUT2D eigenvalue weighted by Gasteiger charge is 2.17. The molecule has 0 radical (unpaired) electrons. The van der Waals surface area contributed by atoms with Gasteiger partial charge in [-0.1, -0.05) is 20.8 Å². The van der Waals surface area contributed by atoms with E-state index in [2.05, 4.69) is 11.3 Å². The first-order chi connectivity index (χ1) is 5.77. The Kier molecular flexibility index (Phi) is 4.83. The van der Waals surface area contributed by atoms with Gasteiger partial charge in [0.2, 0.25) is 0 Å². The van der Waals surface area contributed by atoms with Crippen LogP contribution in [0.3, 0.4) is 0 Å². The first-order valence-corrected chi connectivity index (χ1v) is 5.72. The van der Waals surface area contributed by atoms with Gasteiger partial charge >= 0.3 is 0 Å². The summed E-state index contributed by atoms with van der Waals surface area (Å²) in [6, 6.07) is 0. The van der Waals surface area contributed by atoms with Crippen LogP contribution in [0.1, 0.15) is 20.8 Å². The molecular weight excluding hydrogens is 192 g/mol. The van der Waals surface area contributed by atoms with Crippen molar-refractivity contribution in [3.63, 3.8) is 0 Å². The molecule has 0 fully saturated rings. The van der Waals surface area contributed by atoms with Crippen LogP contribution in [0, 0.1) is 5.41 Å². The first kappa shape index (κ1) is 12.8. The van der Waals surface area contributed by atoms with Crippen LogP contribution in [0.4, 0.5) is 0 Å². The Morgan fingerprint density at radius 3 is 2.31 bits per heavy atom. The van der Waals surface area contributed by atoms with E-state index in [0.29, 0.717) is 6.54 Å². The summed E-state index contributed by atoms with van der Waals surface area (Å²) in [5, 5.41) is 0. The average molecular weight is 211 g/mol. The van der Waals surface area contributed by atoms with Gasteiger partial charge in [0, 0.05) is 0 Å². The number of hydrogen-bond acceptors (Lipinski definition) is 4. The largest absolute Gasteiger partial charge is 0.280 e. The second-order valence-electron chi connectivity index (χ2n) is 4.08. The van der Waals surface area contributed by atoms with E-state index in [0.717, 1.165) is 0 Å². The van der Waals surface area contributed by atoms with Crippen LogP contribution in [0.5, 0.6) is 0 Å². The molecule has 0 aromatic heterocycles. The van der Waals surface area contributed by atoms with Gasteiger partial charge in [0.1, 0.15) is 0 Å². The highest BCUT2D eigenvalue weighted by Crippen LogP contribution is 2.14. The van der Waals surface area contributed by atoms with Gasteiger partial charge in [-0.15, -0.1) is 0 Å². The summed E-state index contributed by atoms with van der Waals surface area (Å²) in [4.78, 5) is 0. The lowest BCUT2D eigenvalue weighted by atomic mass is 9.99. The summed E-state index contributed by atoms with van der Waals surface area (Å²) in [5.41, 5.74) is 2.38. The topological polar surface area (TPSA) is 83.0 Å². The number of hydrogen-bond donors (Lipinski definition) is 2. The molecule has 0 aromatic rings. The van der Waals surface area contributed by atoms with Gasteiger partial charge in [-0.3, -0.25) is 10.0 Å².